The van der Waals surface area contributed by atoms with Crippen molar-refractivity contribution < 1.29 is 95.2 Å². The first-order chi connectivity index (χ1) is 23.3. The van der Waals surface area contributed by atoms with E-state index in [0.717, 1.165) is 55.4 Å². The summed E-state index contributed by atoms with van der Waals surface area (Å²) in [7, 11) is 0. The van der Waals surface area contributed by atoms with E-state index in [-0.39, 0.29) is 0 Å². The van der Waals surface area contributed by atoms with Gasteiger partial charge in [0.1, 0.15) is 38.6 Å². The van der Waals surface area contributed by atoms with Gasteiger partial charge in [0.15, 0.2) is 36.6 Å². The summed E-state index contributed by atoms with van der Waals surface area (Å²) in [5, 5.41) is 0. The van der Waals surface area contributed by atoms with E-state index in [1.165, 1.54) is 0 Å². The summed E-state index contributed by atoms with van der Waals surface area (Å²) in [6.45, 7) is 5.62. The lowest BCUT2D eigenvalue weighted by Crippen LogP contribution is -2.77. The van der Waals surface area contributed by atoms with Crippen molar-refractivity contribution in [3.05, 3.63) is 0 Å². The molecule has 3 rings (SSSR count). The van der Waals surface area contributed by atoms with Gasteiger partial charge in [-0.1, -0.05) is 0 Å². The number of carbonyl (C=O) groups is 8. The second-order valence-corrected chi connectivity index (χ2v) is 11.5. The third-order valence-electron chi connectivity index (χ3n) is 7.28. The Morgan fingerprint density at radius 3 is 0.960 bits per heavy atom. The van der Waals surface area contributed by atoms with Crippen molar-refractivity contribution in [1.82, 2.24) is 0 Å². The molecule has 0 unspecified atom stereocenters. The molecule has 0 aromatic rings. The molecule has 0 aliphatic carbocycles. The average Bonchev–Trinajstić information content (AvgIpc) is 2.98. The topological polar surface area (TPSA) is 247 Å². The Bertz CT molecular complexity index is 1230. The SMILES string of the molecule is CC(=O)OC[C@H]1O[C@]2(CO[C@]3(CO2)O[C@H](COC(C)=O)[C@H](OC(C)=O)[C@H](OC(C)=O)[C@H]3OC(C)=O)[C@H](OC(C)=O)[C@@H](OC(C)=O)[C@H]1OC(C)=O. The summed E-state index contributed by atoms with van der Waals surface area (Å²) < 4.78 is 67.7. The highest BCUT2D eigenvalue weighted by Gasteiger charge is 2.69. The van der Waals surface area contributed by atoms with Gasteiger partial charge in [0.25, 0.3) is 0 Å². The zero-order valence-corrected chi connectivity index (χ0v) is 28.6. The van der Waals surface area contributed by atoms with Crippen LogP contribution in [0.25, 0.3) is 0 Å². The molecule has 3 aliphatic heterocycles. The standard InChI is InChI=1S/C30H40O20/c1-13(31)39-9-21-23(43-15(3)33)25(45-17(5)35)27(47-19(7)37)29(49-21)11-42-30(12-41-29)28(48-20(8)38)26(46-18(6)36)24(44-16(4)34)22(50-30)10-40-14(2)32/h21-28H,9-12H2,1-8H3/t21-,22-,23+,24+,25+,26+,27-,28-,29-,30-/m1/s1. The monoisotopic (exact) mass is 720 g/mol. The molecule has 50 heavy (non-hydrogen) atoms. The Morgan fingerprint density at radius 1 is 0.440 bits per heavy atom. The molecule has 20 heteroatoms. The van der Waals surface area contributed by atoms with E-state index in [2.05, 4.69) is 0 Å². The second-order valence-electron chi connectivity index (χ2n) is 11.5. The van der Waals surface area contributed by atoms with Gasteiger partial charge in [-0.15, -0.1) is 0 Å². The molecule has 0 bridgehead atoms. The van der Waals surface area contributed by atoms with Crippen LogP contribution in [0.4, 0.5) is 0 Å². The fourth-order valence-electron chi connectivity index (χ4n) is 5.68. The second kappa shape index (κ2) is 16.5. The fraction of sp³-hybridized carbons (Fsp3) is 0.733. The molecule has 0 aromatic heterocycles. The quantitative estimate of drug-likeness (QED) is 0.193. The number of esters is 8. The average molecular weight is 721 g/mol. The molecule has 0 radical (unpaired) electrons. The molecule has 3 aliphatic rings. The highest BCUT2D eigenvalue weighted by atomic mass is 16.8. The summed E-state index contributed by atoms with van der Waals surface area (Å²) in [6, 6.07) is 0. The lowest BCUT2D eigenvalue weighted by atomic mass is 9.88. The molecular weight excluding hydrogens is 680 g/mol. The van der Waals surface area contributed by atoms with Crippen molar-refractivity contribution in [2.24, 2.45) is 0 Å². The maximum Gasteiger partial charge on any atom is 0.303 e. The van der Waals surface area contributed by atoms with E-state index >= 15 is 0 Å². The van der Waals surface area contributed by atoms with Crippen LogP contribution >= 0.6 is 0 Å². The fourth-order valence-corrected chi connectivity index (χ4v) is 5.68. The van der Waals surface area contributed by atoms with Crippen LogP contribution in [-0.4, -0.2) is 135 Å². The molecule has 0 saturated carbocycles. The van der Waals surface area contributed by atoms with Crippen LogP contribution in [0, 0.1) is 0 Å². The van der Waals surface area contributed by atoms with Gasteiger partial charge in [0.2, 0.25) is 11.6 Å². The van der Waals surface area contributed by atoms with E-state index in [1.54, 1.807) is 0 Å². The van der Waals surface area contributed by atoms with Gasteiger partial charge in [-0.05, 0) is 0 Å². The number of rotatable bonds is 10. The largest absolute Gasteiger partial charge is 0.463 e. The third-order valence-corrected chi connectivity index (χ3v) is 7.28. The van der Waals surface area contributed by atoms with Gasteiger partial charge in [0, 0.05) is 55.4 Å². The summed E-state index contributed by atoms with van der Waals surface area (Å²) in [6.07, 6.45) is -12.6. The molecule has 3 fully saturated rings. The minimum absolute atomic E-state index is 0.580. The molecule has 2 spiro atoms. The Balaban J connectivity index is 2.15. The van der Waals surface area contributed by atoms with Crippen LogP contribution in [0.5, 0.6) is 0 Å². The van der Waals surface area contributed by atoms with Gasteiger partial charge in [-0.2, -0.15) is 0 Å². The summed E-state index contributed by atoms with van der Waals surface area (Å²) in [5.41, 5.74) is 0. The van der Waals surface area contributed by atoms with Crippen LogP contribution < -0.4 is 0 Å². The van der Waals surface area contributed by atoms with E-state index in [4.69, 9.17) is 56.8 Å². The summed E-state index contributed by atoms with van der Waals surface area (Å²) in [5.74, 6) is -11.4. The van der Waals surface area contributed by atoms with Crippen molar-refractivity contribution in [2.75, 3.05) is 26.4 Å². The van der Waals surface area contributed by atoms with Gasteiger partial charge < -0.3 is 56.8 Å². The molecular formula is C30H40O20. The zero-order valence-electron chi connectivity index (χ0n) is 28.6. The first-order valence-electron chi connectivity index (χ1n) is 15.2. The van der Waals surface area contributed by atoms with Crippen molar-refractivity contribution in [3.63, 3.8) is 0 Å². The van der Waals surface area contributed by atoms with Gasteiger partial charge in [-0.3, -0.25) is 38.4 Å². The van der Waals surface area contributed by atoms with E-state index in [1.807, 2.05) is 0 Å². The smallest absolute Gasteiger partial charge is 0.303 e. The predicted octanol–water partition coefficient (Wildman–Crippen LogP) is -1.06. The molecule has 20 nitrogen and oxygen atoms in total. The van der Waals surface area contributed by atoms with E-state index in [9.17, 15) is 38.4 Å². The Morgan fingerprint density at radius 2 is 0.720 bits per heavy atom. The van der Waals surface area contributed by atoms with Crippen LogP contribution in [0.3, 0.4) is 0 Å². The molecule has 10 atom stereocenters. The van der Waals surface area contributed by atoms with Gasteiger partial charge in [-0.25, -0.2) is 0 Å². The van der Waals surface area contributed by atoms with E-state index < -0.39 is 135 Å². The Labute approximate surface area is 285 Å². The van der Waals surface area contributed by atoms with Crippen LogP contribution in [0.2, 0.25) is 0 Å². The first kappa shape index (κ1) is 40.0. The van der Waals surface area contributed by atoms with Crippen LogP contribution in [-0.2, 0) is 95.2 Å². The Hall–Kier alpha value is -4.40. The summed E-state index contributed by atoms with van der Waals surface area (Å²) >= 11 is 0. The minimum Gasteiger partial charge on any atom is -0.463 e. The maximum absolute atomic E-state index is 12.4. The first-order valence-corrected chi connectivity index (χ1v) is 15.2. The van der Waals surface area contributed by atoms with Crippen LogP contribution in [0.15, 0.2) is 0 Å². The summed E-state index contributed by atoms with van der Waals surface area (Å²) in [4.78, 5) is 97.2. The van der Waals surface area contributed by atoms with Gasteiger partial charge >= 0.3 is 47.8 Å². The number of hydrogen-bond donors (Lipinski definition) is 0. The van der Waals surface area contributed by atoms with Crippen molar-refractivity contribution in [3.8, 4) is 0 Å². The normalized spacial score (nSPS) is 33.3. The maximum atomic E-state index is 12.4. The highest BCUT2D eigenvalue weighted by Crippen LogP contribution is 2.45. The molecule has 280 valence electrons. The molecule has 0 N–H and O–H groups in total. The van der Waals surface area contributed by atoms with Crippen molar-refractivity contribution in [2.45, 2.75) is 116 Å². The Kier molecular flexibility index (Phi) is 13.2. The number of carbonyl (C=O) groups excluding carboxylic acids is 8. The zero-order chi connectivity index (χ0) is 37.6. The van der Waals surface area contributed by atoms with Gasteiger partial charge in [0.05, 0.1) is 0 Å². The molecule has 0 amide bonds. The lowest BCUT2D eigenvalue weighted by molar-refractivity contribution is -0.466. The molecule has 3 heterocycles. The van der Waals surface area contributed by atoms with Crippen molar-refractivity contribution in [1.29, 1.82) is 0 Å². The van der Waals surface area contributed by atoms with E-state index in [0.29, 0.717) is 0 Å². The molecule has 3 saturated heterocycles. The number of hydrogen-bond acceptors (Lipinski definition) is 20. The molecule has 0 aromatic carbocycles. The lowest BCUT2D eigenvalue weighted by Gasteiger charge is -2.57. The van der Waals surface area contributed by atoms with Crippen molar-refractivity contribution >= 4 is 47.8 Å². The predicted molar refractivity (Wildman–Crippen MR) is 154 cm³/mol. The highest BCUT2D eigenvalue weighted by molar-refractivity contribution is 5.70. The number of ether oxygens (including phenoxy) is 12. The third kappa shape index (κ3) is 9.86. The van der Waals surface area contributed by atoms with Crippen LogP contribution in [0.1, 0.15) is 55.4 Å². The minimum atomic E-state index is -2.24.